The van der Waals surface area contributed by atoms with Crippen molar-refractivity contribution >= 4 is 35.4 Å². The number of benzene rings is 2. The molecule has 1 heterocycles. The molecule has 0 unspecified atom stereocenters. The molecule has 1 aliphatic rings. The minimum Gasteiger partial charge on any atom is -0.508 e. The molecule has 206 valence electrons. The van der Waals surface area contributed by atoms with Crippen LogP contribution in [0, 0.1) is 0 Å². The molecule has 1 saturated heterocycles. The summed E-state index contributed by atoms with van der Waals surface area (Å²) in [5.74, 6) is -4.07. The molecule has 0 saturated carbocycles. The van der Waals surface area contributed by atoms with Gasteiger partial charge in [0.05, 0.1) is 6.42 Å². The number of carbonyl (C=O) groups is 6. The third-order valence-electron chi connectivity index (χ3n) is 5.86. The quantitative estimate of drug-likeness (QED) is 0.198. The van der Waals surface area contributed by atoms with E-state index in [0.717, 1.165) is 10.6 Å². The summed E-state index contributed by atoms with van der Waals surface area (Å²) in [5, 5.41) is 17.6. The molecule has 2 aromatic rings. The SMILES string of the molecule is CC(=O)N[C@@H](Cc1ccccc1)C(=O)N[C@@H]1CC(=O)NN(CC(=O)N[C@@H](Cc2ccc(O)cc2)C(N)=O)C1=O. The molecule has 0 aromatic heterocycles. The minimum atomic E-state index is -1.28. The van der Waals surface area contributed by atoms with Gasteiger partial charge >= 0.3 is 0 Å². The fraction of sp³-hybridized carbons (Fsp3) is 0.308. The van der Waals surface area contributed by atoms with Crippen LogP contribution in [0.1, 0.15) is 24.5 Å². The number of nitrogens with zero attached hydrogens (tertiary/aromatic N) is 1. The first kappa shape index (κ1) is 28.6. The second-order valence-electron chi connectivity index (χ2n) is 9.06. The Morgan fingerprint density at radius 2 is 1.59 bits per heavy atom. The standard InChI is InChI=1S/C26H30N6O7/c1-15(33)28-20(12-16-5-3-2-4-6-16)25(38)30-21-13-22(35)31-32(26(21)39)14-23(36)29-19(24(27)37)11-17-7-9-18(34)10-8-17/h2-10,19-21,34H,11-14H2,1H3,(H2,27,37)(H,28,33)(H,29,36)(H,30,38)(H,31,35)/t19-,20-,21+/m0/s1. The summed E-state index contributed by atoms with van der Waals surface area (Å²) in [7, 11) is 0. The number of hydrazine groups is 1. The first-order valence-electron chi connectivity index (χ1n) is 12.1. The highest BCUT2D eigenvalue weighted by Crippen LogP contribution is 2.12. The maximum Gasteiger partial charge on any atom is 0.264 e. The molecule has 0 spiro atoms. The zero-order valence-electron chi connectivity index (χ0n) is 21.2. The predicted molar refractivity (Wildman–Crippen MR) is 137 cm³/mol. The van der Waals surface area contributed by atoms with Crippen LogP contribution in [-0.4, -0.2) is 70.2 Å². The van der Waals surface area contributed by atoms with Gasteiger partial charge in [-0.1, -0.05) is 42.5 Å². The third-order valence-corrected chi connectivity index (χ3v) is 5.86. The molecule has 2 aromatic carbocycles. The number of hydrogen-bond acceptors (Lipinski definition) is 7. The van der Waals surface area contributed by atoms with Gasteiger partial charge < -0.3 is 26.8 Å². The van der Waals surface area contributed by atoms with Gasteiger partial charge in [-0.3, -0.25) is 34.2 Å². The van der Waals surface area contributed by atoms with Crippen molar-refractivity contribution in [1.82, 2.24) is 26.4 Å². The van der Waals surface area contributed by atoms with Crippen LogP contribution in [-0.2, 0) is 41.6 Å². The number of hydrogen-bond donors (Lipinski definition) is 6. The van der Waals surface area contributed by atoms with Crippen molar-refractivity contribution < 1.29 is 33.9 Å². The van der Waals surface area contributed by atoms with E-state index in [-0.39, 0.29) is 25.0 Å². The molecule has 0 radical (unpaired) electrons. The number of phenols is 1. The Bertz CT molecular complexity index is 1240. The maximum absolute atomic E-state index is 13.0. The Hall–Kier alpha value is -4.94. The van der Waals surface area contributed by atoms with Crippen LogP contribution in [0.3, 0.4) is 0 Å². The molecule has 0 bridgehead atoms. The number of aromatic hydroxyl groups is 1. The fourth-order valence-electron chi connectivity index (χ4n) is 3.99. The van der Waals surface area contributed by atoms with Crippen LogP contribution in [0.15, 0.2) is 54.6 Å². The zero-order chi connectivity index (χ0) is 28.5. The summed E-state index contributed by atoms with van der Waals surface area (Å²) in [6.45, 7) is 0.612. The van der Waals surface area contributed by atoms with Gasteiger partial charge in [-0.2, -0.15) is 0 Å². The average Bonchev–Trinajstić information content (AvgIpc) is 2.87. The van der Waals surface area contributed by atoms with Gasteiger partial charge in [-0.25, -0.2) is 5.01 Å². The lowest BCUT2D eigenvalue weighted by molar-refractivity contribution is -0.153. The highest BCUT2D eigenvalue weighted by Gasteiger charge is 2.37. The monoisotopic (exact) mass is 538 g/mol. The summed E-state index contributed by atoms with van der Waals surface area (Å²) >= 11 is 0. The van der Waals surface area contributed by atoms with E-state index in [0.29, 0.717) is 5.56 Å². The Kier molecular flexibility index (Phi) is 9.57. The number of amides is 6. The van der Waals surface area contributed by atoms with E-state index in [2.05, 4.69) is 21.4 Å². The Morgan fingerprint density at radius 3 is 2.21 bits per heavy atom. The number of phenolic OH excluding ortho intramolecular Hbond substituents is 1. The largest absolute Gasteiger partial charge is 0.508 e. The minimum absolute atomic E-state index is 0.0304. The van der Waals surface area contributed by atoms with Gasteiger partial charge in [0.15, 0.2) is 0 Å². The third kappa shape index (κ3) is 8.55. The second-order valence-corrected chi connectivity index (χ2v) is 9.06. The Balaban J connectivity index is 1.63. The molecule has 39 heavy (non-hydrogen) atoms. The van der Waals surface area contributed by atoms with E-state index in [9.17, 15) is 33.9 Å². The van der Waals surface area contributed by atoms with Crippen molar-refractivity contribution in [2.45, 2.75) is 44.3 Å². The van der Waals surface area contributed by atoms with E-state index in [1.165, 1.54) is 19.1 Å². The van der Waals surface area contributed by atoms with Gasteiger partial charge in [-0.15, -0.1) is 0 Å². The van der Waals surface area contributed by atoms with Crippen molar-refractivity contribution in [3.05, 3.63) is 65.7 Å². The van der Waals surface area contributed by atoms with Crippen molar-refractivity contribution in [2.75, 3.05) is 6.54 Å². The highest BCUT2D eigenvalue weighted by atomic mass is 16.3. The molecule has 13 heteroatoms. The van der Waals surface area contributed by atoms with Crippen LogP contribution >= 0.6 is 0 Å². The Morgan fingerprint density at radius 1 is 0.974 bits per heavy atom. The lowest BCUT2D eigenvalue weighted by atomic mass is 10.0. The molecule has 13 nitrogen and oxygen atoms in total. The fourth-order valence-corrected chi connectivity index (χ4v) is 3.99. The van der Waals surface area contributed by atoms with Gasteiger partial charge in [-0.05, 0) is 23.3 Å². The van der Waals surface area contributed by atoms with E-state index in [1.807, 2.05) is 0 Å². The van der Waals surface area contributed by atoms with Gasteiger partial charge in [0.1, 0.15) is 30.4 Å². The predicted octanol–water partition coefficient (Wildman–Crippen LogP) is -1.60. The molecule has 1 aliphatic heterocycles. The van der Waals surface area contributed by atoms with Crippen LogP contribution in [0.2, 0.25) is 0 Å². The van der Waals surface area contributed by atoms with Crippen molar-refractivity contribution in [3.8, 4) is 5.75 Å². The van der Waals surface area contributed by atoms with Gasteiger partial charge in [0.25, 0.3) is 5.91 Å². The first-order valence-corrected chi connectivity index (χ1v) is 12.1. The lowest BCUT2D eigenvalue weighted by Crippen LogP contribution is -2.64. The molecule has 1 fully saturated rings. The normalized spacial score (nSPS) is 16.4. The molecule has 3 rings (SSSR count). The van der Waals surface area contributed by atoms with Gasteiger partial charge in [0.2, 0.25) is 29.5 Å². The number of nitrogens with two attached hydrogens (primary N) is 1. The molecular formula is C26H30N6O7. The lowest BCUT2D eigenvalue weighted by Gasteiger charge is -2.33. The average molecular weight is 539 g/mol. The topological polar surface area (TPSA) is 200 Å². The molecule has 3 atom stereocenters. The molecule has 7 N–H and O–H groups in total. The van der Waals surface area contributed by atoms with Crippen LogP contribution in [0.5, 0.6) is 5.75 Å². The number of rotatable bonds is 11. The van der Waals surface area contributed by atoms with Crippen molar-refractivity contribution in [1.29, 1.82) is 0 Å². The summed E-state index contributed by atoms with van der Waals surface area (Å²) in [5.41, 5.74) is 9.08. The molecule has 0 aliphatic carbocycles. The summed E-state index contributed by atoms with van der Waals surface area (Å²) in [4.78, 5) is 74.5. The summed E-state index contributed by atoms with van der Waals surface area (Å²) < 4.78 is 0. The summed E-state index contributed by atoms with van der Waals surface area (Å²) in [6, 6.07) is 11.5. The van der Waals surface area contributed by atoms with Crippen LogP contribution in [0.4, 0.5) is 0 Å². The number of nitrogens with one attached hydrogen (secondary N) is 4. The first-order chi connectivity index (χ1) is 18.5. The molecular weight excluding hydrogens is 508 g/mol. The van der Waals surface area contributed by atoms with E-state index in [4.69, 9.17) is 5.73 Å². The van der Waals surface area contributed by atoms with E-state index in [1.54, 1.807) is 42.5 Å². The Labute approximate surface area is 224 Å². The maximum atomic E-state index is 13.0. The van der Waals surface area contributed by atoms with Gasteiger partial charge in [0, 0.05) is 19.8 Å². The molecule has 6 amide bonds. The zero-order valence-corrected chi connectivity index (χ0v) is 21.2. The van der Waals surface area contributed by atoms with E-state index < -0.39 is 60.1 Å². The highest BCUT2D eigenvalue weighted by molar-refractivity contribution is 5.99. The smallest absolute Gasteiger partial charge is 0.264 e. The van der Waals surface area contributed by atoms with E-state index >= 15 is 0 Å². The number of carbonyl (C=O) groups excluding carboxylic acids is 6. The number of primary amides is 1. The van der Waals surface area contributed by atoms with Crippen LogP contribution < -0.4 is 27.1 Å². The van der Waals surface area contributed by atoms with Crippen molar-refractivity contribution in [2.24, 2.45) is 5.73 Å². The second kappa shape index (κ2) is 13.0. The van der Waals surface area contributed by atoms with Crippen LogP contribution in [0.25, 0.3) is 0 Å². The van der Waals surface area contributed by atoms with Crippen molar-refractivity contribution in [3.63, 3.8) is 0 Å². The summed E-state index contributed by atoms with van der Waals surface area (Å²) in [6.07, 6.45) is -0.182.